The number of amides is 2. The molecule has 108 valence electrons. The molecule has 20 heavy (non-hydrogen) atoms. The molecule has 0 unspecified atom stereocenters. The monoisotopic (exact) mass is 278 g/mol. The topological polar surface area (TPSA) is 102 Å². The van der Waals surface area contributed by atoms with Crippen molar-refractivity contribution in [1.82, 2.24) is 15.1 Å². The van der Waals surface area contributed by atoms with E-state index in [0.29, 0.717) is 25.4 Å². The highest BCUT2D eigenvalue weighted by molar-refractivity contribution is 5.90. The molecule has 0 aromatic carbocycles. The van der Waals surface area contributed by atoms with Gasteiger partial charge in [-0.1, -0.05) is 12.2 Å². The van der Waals surface area contributed by atoms with E-state index in [1.165, 1.54) is 0 Å². The number of carbonyl (C=O) groups excluding carboxylic acids is 2. The molecular formula is C13H18N4O3. The van der Waals surface area contributed by atoms with Crippen LogP contribution in [-0.2, 0) is 11.2 Å². The van der Waals surface area contributed by atoms with Crippen molar-refractivity contribution >= 4 is 11.8 Å². The Hall–Kier alpha value is -2.18. The lowest BCUT2D eigenvalue weighted by Gasteiger charge is -2.30. The van der Waals surface area contributed by atoms with Crippen LogP contribution in [0.25, 0.3) is 0 Å². The highest BCUT2D eigenvalue weighted by atomic mass is 16.4. The van der Waals surface area contributed by atoms with Gasteiger partial charge in [-0.15, -0.1) is 10.2 Å². The van der Waals surface area contributed by atoms with E-state index in [4.69, 9.17) is 10.2 Å². The van der Waals surface area contributed by atoms with E-state index in [0.717, 1.165) is 12.8 Å². The standard InChI is InChI=1S/C13H18N4O3/c1-2-3-6-10-15-16-12(20-10)13(19)17-7-4-5-9(8-17)11(14)18/h2-3,9H,4-8H2,1H3,(H2,14,18)/b3-2+/t9-/m1/s1. The number of carbonyl (C=O) groups is 2. The molecular weight excluding hydrogens is 260 g/mol. The van der Waals surface area contributed by atoms with Crippen LogP contribution in [0.3, 0.4) is 0 Å². The van der Waals surface area contributed by atoms with Gasteiger partial charge in [0.1, 0.15) is 0 Å². The zero-order valence-electron chi connectivity index (χ0n) is 11.4. The first-order valence-corrected chi connectivity index (χ1v) is 6.64. The van der Waals surface area contributed by atoms with Gasteiger partial charge in [0, 0.05) is 19.5 Å². The molecule has 2 N–H and O–H groups in total. The smallest absolute Gasteiger partial charge is 0.311 e. The average molecular weight is 278 g/mol. The van der Waals surface area contributed by atoms with E-state index >= 15 is 0 Å². The van der Waals surface area contributed by atoms with E-state index in [-0.39, 0.29) is 23.6 Å². The molecule has 2 amide bonds. The second-order valence-corrected chi connectivity index (χ2v) is 4.77. The predicted molar refractivity (Wildman–Crippen MR) is 70.6 cm³/mol. The van der Waals surface area contributed by atoms with Gasteiger partial charge in [0.2, 0.25) is 11.8 Å². The molecule has 1 aliphatic rings. The second kappa shape index (κ2) is 6.31. The molecule has 1 aromatic heterocycles. The number of allylic oxidation sites excluding steroid dienone is 2. The van der Waals surface area contributed by atoms with Crippen molar-refractivity contribution < 1.29 is 14.0 Å². The molecule has 2 heterocycles. The predicted octanol–water partition coefficient (Wildman–Crippen LogP) is 0.526. The van der Waals surface area contributed by atoms with Crippen LogP contribution in [0, 0.1) is 5.92 Å². The van der Waals surface area contributed by atoms with Crippen molar-refractivity contribution in [3.8, 4) is 0 Å². The van der Waals surface area contributed by atoms with Crippen molar-refractivity contribution in [2.24, 2.45) is 11.7 Å². The van der Waals surface area contributed by atoms with Crippen molar-refractivity contribution in [1.29, 1.82) is 0 Å². The summed E-state index contributed by atoms with van der Waals surface area (Å²) in [7, 11) is 0. The van der Waals surface area contributed by atoms with Crippen molar-refractivity contribution in [2.45, 2.75) is 26.2 Å². The molecule has 2 rings (SSSR count). The quantitative estimate of drug-likeness (QED) is 0.809. The Morgan fingerprint density at radius 1 is 1.50 bits per heavy atom. The van der Waals surface area contributed by atoms with Crippen molar-refractivity contribution in [3.63, 3.8) is 0 Å². The number of hydrogen-bond acceptors (Lipinski definition) is 5. The zero-order valence-corrected chi connectivity index (χ0v) is 11.4. The van der Waals surface area contributed by atoms with Gasteiger partial charge in [-0.05, 0) is 19.8 Å². The van der Waals surface area contributed by atoms with Crippen molar-refractivity contribution in [3.05, 3.63) is 23.9 Å². The van der Waals surface area contributed by atoms with Gasteiger partial charge in [-0.2, -0.15) is 0 Å². The van der Waals surface area contributed by atoms with Crippen LogP contribution in [0.5, 0.6) is 0 Å². The third-order valence-corrected chi connectivity index (χ3v) is 3.29. The lowest BCUT2D eigenvalue weighted by molar-refractivity contribution is -0.123. The fourth-order valence-electron chi connectivity index (χ4n) is 2.17. The largest absolute Gasteiger partial charge is 0.417 e. The number of rotatable bonds is 4. The maximum absolute atomic E-state index is 12.2. The number of hydrogen-bond donors (Lipinski definition) is 1. The van der Waals surface area contributed by atoms with Gasteiger partial charge in [0.05, 0.1) is 5.92 Å². The number of nitrogens with two attached hydrogens (primary N) is 1. The Morgan fingerprint density at radius 2 is 2.30 bits per heavy atom. The Morgan fingerprint density at radius 3 is 3.00 bits per heavy atom. The molecule has 1 aliphatic heterocycles. The summed E-state index contributed by atoms with van der Waals surface area (Å²) in [5.41, 5.74) is 5.29. The number of likely N-dealkylation sites (tertiary alicyclic amines) is 1. The molecule has 1 aromatic rings. The van der Waals surface area contributed by atoms with Crippen LogP contribution in [0.4, 0.5) is 0 Å². The molecule has 7 nitrogen and oxygen atoms in total. The molecule has 0 bridgehead atoms. The molecule has 0 radical (unpaired) electrons. The van der Waals surface area contributed by atoms with Gasteiger partial charge in [0.25, 0.3) is 0 Å². The van der Waals surface area contributed by atoms with Crippen LogP contribution in [0.15, 0.2) is 16.6 Å². The lowest BCUT2D eigenvalue weighted by atomic mass is 9.97. The zero-order chi connectivity index (χ0) is 14.5. The van der Waals surface area contributed by atoms with E-state index in [2.05, 4.69) is 10.2 Å². The van der Waals surface area contributed by atoms with E-state index < -0.39 is 0 Å². The van der Waals surface area contributed by atoms with Gasteiger partial charge >= 0.3 is 11.8 Å². The third kappa shape index (κ3) is 3.23. The van der Waals surface area contributed by atoms with Crippen LogP contribution in [0.1, 0.15) is 36.3 Å². The fraction of sp³-hybridized carbons (Fsp3) is 0.538. The minimum atomic E-state index is -0.373. The maximum atomic E-state index is 12.2. The molecule has 0 aliphatic carbocycles. The van der Waals surface area contributed by atoms with Crippen LogP contribution >= 0.6 is 0 Å². The first kappa shape index (κ1) is 14.2. The van der Waals surface area contributed by atoms with E-state index in [1.807, 2.05) is 19.1 Å². The minimum absolute atomic E-state index is 0.0328. The van der Waals surface area contributed by atoms with Crippen LogP contribution in [0.2, 0.25) is 0 Å². The maximum Gasteiger partial charge on any atom is 0.311 e. The molecule has 7 heteroatoms. The summed E-state index contributed by atoms with van der Waals surface area (Å²) in [6.07, 6.45) is 5.70. The molecule has 1 saturated heterocycles. The first-order valence-electron chi connectivity index (χ1n) is 6.64. The summed E-state index contributed by atoms with van der Waals surface area (Å²) in [5, 5.41) is 7.57. The van der Waals surface area contributed by atoms with Gasteiger partial charge < -0.3 is 15.1 Å². The van der Waals surface area contributed by atoms with Gasteiger partial charge in [-0.25, -0.2) is 0 Å². The Bertz CT molecular complexity index is 523. The highest BCUT2D eigenvalue weighted by Gasteiger charge is 2.30. The van der Waals surface area contributed by atoms with Gasteiger partial charge in [0.15, 0.2) is 0 Å². The van der Waals surface area contributed by atoms with Crippen LogP contribution < -0.4 is 5.73 Å². The SMILES string of the molecule is C/C=C/Cc1nnc(C(=O)N2CCC[C@@H](C(N)=O)C2)o1. The summed E-state index contributed by atoms with van der Waals surface area (Å²) < 4.78 is 5.32. The molecule has 1 fully saturated rings. The minimum Gasteiger partial charge on any atom is -0.417 e. The molecule has 0 spiro atoms. The molecule has 1 atom stereocenters. The van der Waals surface area contributed by atoms with E-state index in [9.17, 15) is 9.59 Å². The summed E-state index contributed by atoms with van der Waals surface area (Å²) in [6, 6.07) is 0. The Kier molecular flexibility index (Phi) is 4.49. The summed E-state index contributed by atoms with van der Waals surface area (Å²) in [6.45, 7) is 2.79. The number of primary amides is 1. The highest BCUT2D eigenvalue weighted by Crippen LogP contribution is 2.18. The Balaban J connectivity index is 2.03. The average Bonchev–Trinajstić information content (AvgIpc) is 2.93. The number of piperidine rings is 1. The number of aromatic nitrogens is 2. The lowest BCUT2D eigenvalue weighted by Crippen LogP contribution is -2.44. The van der Waals surface area contributed by atoms with Gasteiger partial charge in [-0.3, -0.25) is 9.59 Å². The third-order valence-electron chi connectivity index (χ3n) is 3.29. The first-order chi connectivity index (χ1) is 9.61. The normalized spacial score (nSPS) is 19.4. The summed E-state index contributed by atoms with van der Waals surface area (Å²) in [4.78, 5) is 25.0. The van der Waals surface area contributed by atoms with Crippen LogP contribution in [-0.4, -0.2) is 40.0 Å². The Labute approximate surface area is 116 Å². The fourth-order valence-corrected chi connectivity index (χ4v) is 2.17. The van der Waals surface area contributed by atoms with Crippen molar-refractivity contribution in [2.75, 3.05) is 13.1 Å². The van der Waals surface area contributed by atoms with E-state index in [1.54, 1.807) is 4.90 Å². The second-order valence-electron chi connectivity index (χ2n) is 4.77. The molecule has 0 saturated carbocycles. The number of nitrogens with zero attached hydrogens (tertiary/aromatic N) is 3. The summed E-state index contributed by atoms with van der Waals surface area (Å²) in [5.74, 6) is -0.639. The summed E-state index contributed by atoms with van der Waals surface area (Å²) >= 11 is 0.